The van der Waals surface area contributed by atoms with Crippen LogP contribution in [0.4, 0.5) is 0 Å². The van der Waals surface area contributed by atoms with Gasteiger partial charge in [-0.3, -0.25) is 0 Å². The first-order chi connectivity index (χ1) is 2.56. The second-order valence-electron chi connectivity index (χ2n) is 0.483. The van der Waals surface area contributed by atoms with Gasteiger partial charge in [-0.2, -0.15) is 0 Å². The summed E-state index contributed by atoms with van der Waals surface area (Å²) in [7, 11) is 0. The first kappa shape index (κ1) is 7.48. The quantitative estimate of drug-likeness (QED) is 0.581. The molecule has 0 heterocycles. The lowest BCUT2D eigenvalue weighted by molar-refractivity contribution is 0.716. The SMILES string of the molecule is S=P(Cl)(Cl)OCl. The fourth-order valence-electron chi connectivity index (χ4n) is 0. The molecule has 0 aliphatic heterocycles. The van der Waals surface area contributed by atoms with Crippen LogP contribution in [-0.4, -0.2) is 0 Å². The third kappa shape index (κ3) is 5.48. The Labute approximate surface area is 55.4 Å². The third-order valence-corrected chi connectivity index (χ3v) is 2.17. The monoisotopic (exact) mass is 184 g/mol. The van der Waals surface area contributed by atoms with Crippen LogP contribution in [0.15, 0.2) is 0 Å². The lowest BCUT2D eigenvalue weighted by Crippen LogP contribution is -1.47. The van der Waals surface area contributed by atoms with Crippen molar-refractivity contribution in [1.82, 2.24) is 0 Å². The maximum Gasteiger partial charge on any atom is 0.258 e. The van der Waals surface area contributed by atoms with E-state index in [4.69, 9.17) is 22.5 Å². The Morgan fingerprint density at radius 3 is 1.67 bits per heavy atom. The molecule has 0 spiro atoms. The minimum absolute atomic E-state index is 2.60. The van der Waals surface area contributed by atoms with E-state index in [1.54, 1.807) is 0 Å². The van der Waals surface area contributed by atoms with Gasteiger partial charge in [0.25, 0.3) is 4.97 Å². The number of hydrogen-bond acceptors (Lipinski definition) is 2. The second-order valence-corrected chi connectivity index (χ2v) is 7.99. The van der Waals surface area contributed by atoms with Crippen LogP contribution in [0.5, 0.6) is 0 Å². The number of hydrogen-bond donors (Lipinski definition) is 0. The van der Waals surface area contributed by atoms with Crippen molar-refractivity contribution in [2.75, 3.05) is 0 Å². The summed E-state index contributed by atoms with van der Waals surface area (Å²) in [4.78, 5) is -2.60. The molecule has 0 fully saturated rings. The van der Waals surface area contributed by atoms with Crippen LogP contribution in [-0.2, 0) is 15.9 Å². The Morgan fingerprint density at radius 2 is 1.67 bits per heavy atom. The molecule has 6 heavy (non-hydrogen) atoms. The van der Waals surface area contributed by atoms with Gasteiger partial charge in [-0.1, -0.05) is 0 Å². The standard InChI is InChI=1S/Cl3OPS/c1-4-5(2,3)6. The van der Waals surface area contributed by atoms with Gasteiger partial charge in [-0.25, -0.2) is 4.08 Å². The van der Waals surface area contributed by atoms with Crippen LogP contribution in [0.2, 0.25) is 0 Å². The van der Waals surface area contributed by atoms with E-state index in [9.17, 15) is 0 Å². The predicted octanol–water partition coefficient (Wildman–Crippen LogP) is 2.86. The predicted molar refractivity (Wildman–Crippen MR) is 32.9 cm³/mol. The Hall–Kier alpha value is 1.48. The third-order valence-electron chi connectivity index (χ3n) is 0.0803. The minimum Gasteiger partial charge on any atom is -0.216 e. The van der Waals surface area contributed by atoms with Crippen molar-refractivity contribution in [2.45, 2.75) is 0 Å². The van der Waals surface area contributed by atoms with Crippen molar-refractivity contribution >= 4 is 51.1 Å². The molecule has 0 aromatic carbocycles. The van der Waals surface area contributed by atoms with Crippen LogP contribution >= 0.6 is 39.3 Å². The van der Waals surface area contributed by atoms with Gasteiger partial charge in [0.2, 0.25) is 0 Å². The molecule has 0 atom stereocenters. The molecular weight excluding hydrogens is 185 g/mol. The lowest BCUT2D eigenvalue weighted by Gasteiger charge is -1.91. The summed E-state index contributed by atoms with van der Waals surface area (Å²) < 4.78 is 3.87. The summed E-state index contributed by atoms with van der Waals surface area (Å²) in [6, 6.07) is 0. The van der Waals surface area contributed by atoms with Crippen LogP contribution in [0.3, 0.4) is 0 Å². The van der Waals surface area contributed by atoms with E-state index in [1.165, 1.54) is 0 Å². The fourth-order valence-corrected chi connectivity index (χ4v) is 0. The van der Waals surface area contributed by atoms with Gasteiger partial charge in [0.1, 0.15) is 0 Å². The van der Waals surface area contributed by atoms with E-state index in [0.717, 1.165) is 0 Å². The average Bonchev–Trinajstić information content (AvgIpc) is 1.35. The van der Waals surface area contributed by atoms with Crippen molar-refractivity contribution in [2.24, 2.45) is 0 Å². The zero-order valence-corrected chi connectivity index (χ0v) is 6.38. The highest BCUT2D eigenvalue weighted by molar-refractivity contribution is 8.36. The molecule has 0 unspecified atom stereocenters. The first-order valence-corrected chi connectivity index (χ1v) is 5.70. The van der Waals surface area contributed by atoms with Gasteiger partial charge in [-0.15, -0.1) is 0 Å². The summed E-state index contributed by atoms with van der Waals surface area (Å²) in [6.07, 6.45) is 0. The Bertz CT molecular complexity index is 74.9. The van der Waals surface area contributed by atoms with Crippen LogP contribution in [0, 0.1) is 0 Å². The molecule has 38 valence electrons. The highest BCUT2D eigenvalue weighted by Gasteiger charge is 2.04. The molecule has 0 bridgehead atoms. The van der Waals surface area contributed by atoms with E-state index in [2.05, 4.69) is 27.7 Å². The summed E-state index contributed by atoms with van der Waals surface area (Å²) >= 11 is 19.0. The van der Waals surface area contributed by atoms with Gasteiger partial charge >= 0.3 is 0 Å². The summed E-state index contributed by atoms with van der Waals surface area (Å²) in [5, 5.41) is 0. The summed E-state index contributed by atoms with van der Waals surface area (Å²) in [6.45, 7) is 0. The topological polar surface area (TPSA) is 9.23 Å². The van der Waals surface area contributed by atoms with Crippen molar-refractivity contribution in [1.29, 1.82) is 0 Å². The smallest absolute Gasteiger partial charge is 0.216 e. The van der Waals surface area contributed by atoms with Crippen LogP contribution in [0.25, 0.3) is 0 Å². The molecule has 0 N–H and O–H groups in total. The van der Waals surface area contributed by atoms with E-state index >= 15 is 0 Å². The van der Waals surface area contributed by atoms with Gasteiger partial charge in [0.15, 0.2) is 0 Å². The molecule has 0 radical (unpaired) electrons. The largest absolute Gasteiger partial charge is 0.258 e. The molecule has 0 aromatic rings. The molecule has 1 nitrogen and oxygen atoms in total. The van der Waals surface area contributed by atoms with Crippen LogP contribution in [0.1, 0.15) is 0 Å². The zero-order chi connectivity index (χ0) is 5.21. The van der Waals surface area contributed by atoms with Crippen molar-refractivity contribution in [3.05, 3.63) is 0 Å². The first-order valence-electron chi connectivity index (χ1n) is 0.858. The summed E-state index contributed by atoms with van der Waals surface area (Å²) in [5.74, 6) is 0. The molecule has 0 amide bonds. The molecule has 0 aliphatic rings. The van der Waals surface area contributed by atoms with Gasteiger partial charge in [0.05, 0.1) is 11.9 Å². The van der Waals surface area contributed by atoms with Gasteiger partial charge in [0, 0.05) is 0 Å². The van der Waals surface area contributed by atoms with Crippen LogP contribution < -0.4 is 0 Å². The Balaban J connectivity index is 3.48. The molecule has 0 aromatic heterocycles. The lowest BCUT2D eigenvalue weighted by atomic mass is 15.9. The Morgan fingerprint density at radius 1 is 1.50 bits per heavy atom. The normalized spacial score (nSPS) is 11.8. The van der Waals surface area contributed by atoms with Gasteiger partial charge in [-0.05, 0) is 34.3 Å². The number of halogens is 3. The average molecular weight is 185 g/mol. The maximum atomic E-state index is 5.05. The summed E-state index contributed by atoms with van der Waals surface area (Å²) in [5.41, 5.74) is 0. The molecular formula is Cl3OPS. The number of rotatable bonds is 1. The second kappa shape index (κ2) is 2.71. The van der Waals surface area contributed by atoms with Crippen molar-refractivity contribution < 1.29 is 4.08 Å². The van der Waals surface area contributed by atoms with Crippen molar-refractivity contribution in [3.63, 3.8) is 0 Å². The van der Waals surface area contributed by atoms with E-state index in [-0.39, 0.29) is 0 Å². The van der Waals surface area contributed by atoms with Crippen molar-refractivity contribution in [3.8, 4) is 0 Å². The fraction of sp³-hybridized carbons (Fsp3) is 0. The minimum atomic E-state index is -2.60. The van der Waals surface area contributed by atoms with Gasteiger partial charge < -0.3 is 0 Å². The molecule has 6 heteroatoms. The molecule has 0 saturated heterocycles. The van der Waals surface area contributed by atoms with E-state index in [1.807, 2.05) is 0 Å². The Kier molecular flexibility index (Phi) is 3.37. The highest BCUT2D eigenvalue weighted by Crippen LogP contribution is 2.58. The maximum absolute atomic E-state index is 5.05. The zero-order valence-electron chi connectivity index (χ0n) is 2.40. The molecule has 0 aliphatic carbocycles. The van der Waals surface area contributed by atoms with E-state index in [0.29, 0.717) is 0 Å². The highest BCUT2D eigenvalue weighted by atomic mass is 35.9. The molecule has 0 rings (SSSR count). The molecule has 0 saturated carbocycles. The van der Waals surface area contributed by atoms with E-state index < -0.39 is 4.97 Å².